The zero-order chi connectivity index (χ0) is 26.7. The van der Waals surface area contributed by atoms with Crippen LogP contribution in [0, 0.1) is 0 Å². The van der Waals surface area contributed by atoms with Crippen molar-refractivity contribution < 1.29 is 14.6 Å². The zero-order valence-corrected chi connectivity index (χ0v) is 23.3. The number of piperidine rings is 1. The maximum atomic E-state index is 10.3. The Morgan fingerprint density at radius 3 is 2.26 bits per heavy atom. The van der Waals surface area contributed by atoms with Gasteiger partial charge in [0, 0.05) is 24.2 Å². The monoisotopic (exact) mass is 514 g/mol. The van der Waals surface area contributed by atoms with Crippen LogP contribution in [0.1, 0.15) is 69.7 Å². The summed E-state index contributed by atoms with van der Waals surface area (Å²) in [7, 11) is 0. The van der Waals surface area contributed by atoms with E-state index in [-0.39, 0.29) is 17.6 Å². The summed E-state index contributed by atoms with van der Waals surface area (Å²) in [5, 5.41) is 10.3. The minimum atomic E-state index is -0.188. The van der Waals surface area contributed by atoms with E-state index in [1.807, 2.05) is 19.9 Å². The second-order valence-corrected chi connectivity index (χ2v) is 11.6. The molecular formula is C33H42N2O3. The summed E-state index contributed by atoms with van der Waals surface area (Å²) in [6.45, 7) is 13.5. The molecule has 1 unspecified atom stereocenters. The number of anilines is 1. The fourth-order valence-corrected chi connectivity index (χ4v) is 6.10. The molecule has 5 nitrogen and oxygen atoms in total. The van der Waals surface area contributed by atoms with Gasteiger partial charge in [-0.2, -0.15) is 0 Å². The maximum absolute atomic E-state index is 10.3. The van der Waals surface area contributed by atoms with Gasteiger partial charge in [-0.25, -0.2) is 0 Å². The summed E-state index contributed by atoms with van der Waals surface area (Å²) in [5.41, 5.74) is 4.62. The van der Waals surface area contributed by atoms with Crippen molar-refractivity contribution in [2.75, 3.05) is 31.1 Å². The average molecular weight is 515 g/mol. The van der Waals surface area contributed by atoms with Crippen LogP contribution in [0.4, 0.5) is 5.69 Å². The largest absolute Gasteiger partial charge is 0.508 e. The smallest absolute Gasteiger partial charge is 0.119 e. The summed E-state index contributed by atoms with van der Waals surface area (Å²) in [6, 6.07) is 22.9. The van der Waals surface area contributed by atoms with E-state index in [1.165, 1.54) is 54.7 Å². The van der Waals surface area contributed by atoms with Gasteiger partial charge in [0.15, 0.2) is 0 Å². The van der Waals surface area contributed by atoms with Crippen molar-refractivity contribution in [2.24, 2.45) is 0 Å². The van der Waals surface area contributed by atoms with E-state index in [9.17, 15) is 5.11 Å². The van der Waals surface area contributed by atoms with Crippen LogP contribution in [0.25, 0.3) is 0 Å². The first-order chi connectivity index (χ1) is 18.3. The van der Waals surface area contributed by atoms with Crippen molar-refractivity contribution in [3.05, 3.63) is 83.4 Å². The number of aromatic hydroxyl groups is 1. The molecule has 0 bridgehead atoms. The third-order valence-corrected chi connectivity index (χ3v) is 7.95. The Kier molecular flexibility index (Phi) is 7.85. The highest BCUT2D eigenvalue weighted by Crippen LogP contribution is 2.54. The minimum Gasteiger partial charge on any atom is -0.508 e. The van der Waals surface area contributed by atoms with Crippen LogP contribution in [0.3, 0.4) is 0 Å². The van der Waals surface area contributed by atoms with Crippen LogP contribution in [-0.2, 0) is 12.0 Å². The SMILES string of the molecule is CC(C)Oc1ccc(C2N(Cc3ccc(OCCN4CCCCC4)cc3)c3ccc(O)cc3C2(C)C)cc1. The topological polar surface area (TPSA) is 45.2 Å². The number of phenolic OH excluding ortho intramolecular Hbond substituents is 1. The molecule has 38 heavy (non-hydrogen) atoms. The van der Waals surface area contributed by atoms with Crippen LogP contribution < -0.4 is 14.4 Å². The number of fused-ring (bicyclic) bond motifs is 1. The molecule has 5 rings (SSSR count). The second kappa shape index (κ2) is 11.3. The summed E-state index contributed by atoms with van der Waals surface area (Å²) in [5.74, 6) is 2.12. The van der Waals surface area contributed by atoms with Gasteiger partial charge >= 0.3 is 0 Å². The van der Waals surface area contributed by atoms with Gasteiger partial charge < -0.3 is 19.5 Å². The number of nitrogens with zero attached hydrogens (tertiary/aromatic N) is 2. The predicted octanol–water partition coefficient (Wildman–Crippen LogP) is 7.08. The summed E-state index contributed by atoms with van der Waals surface area (Å²) in [6.07, 6.45) is 4.12. The van der Waals surface area contributed by atoms with Gasteiger partial charge in [-0.1, -0.05) is 44.5 Å². The van der Waals surface area contributed by atoms with Crippen LogP contribution in [0.15, 0.2) is 66.7 Å². The summed E-state index contributed by atoms with van der Waals surface area (Å²) >= 11 is 0. The minimum absolute atomic E-state index is 0.118. The normalized spacial score (nSPS) is 19.0. The highest BCUT2D eigenvalue weighted by atomic mass is 16.5. The molecule has 202 valence electrons. The third-order valence-electron chi connectivity index (χ3n) is 7.95. The number of likely N-dealkylation sites (tertiary alicyclic amines) is 1. The number of benzene rings is 3. The number of phenols is 1. The van der Waals surface area contributed by atoms with E-state index in [1.54, 1.807) is 6.07 Å². The Hall–Kier alpha value is -3.18. The van der Waals surface area contributed by atoms with E-state index in [4.69, 9.17) is 9.47 Å². The quantitative estimate of drug-likeness (QED) is 0.330. The Bertz CT molecular complexity index is 1200. The lowest BCUT2D eigenvalue weighted by molar-refractivity contribution is 0.183. The molecule has 0 spiro atoms. The predicted molar refractivity (Wildman–Crippen MR) is 154 cm³/mol. The van der Waals surface area contributed by atoms with E-state index in [2.05, 4.69) is 78.2 Å². The molecule has 2 aliphatic rings. The molecule has 0 aromatic heterocycles. The van der Waals surface area contributed by atoms with Crippen molar-refractivity contribution >= 4 is 5.69 Å². The molecule has 5 heteroatoms. The van der Waals surface area contributed by atoms with Gasteiger partial charge in [0.1, 0.15) is 23.9 Å². The molecule has 2 heterocycles. The third kappa shape index (κ3) is 5.78. The Morgan fingerprint density at radius 1 is 0.895 bits per heavy atom. The summed E-state index contributed by atoms with van der Waals surface area (Å²) in [4.78, 5) is 4.98. The maximum Gasteiger partial charge on any atom is 0.119 e. The number of hydrogen-bond donors (Lipinski definition) is 1. The highest BCUT2D eigenvalue weighted by Gasteiger charge is 2.45. The number of hydrogen-bond acceptors (Lipinski definition) is 5. The molecule has 1 atom stereocenters. The van der Waals surface area contributed by atoms with Gasteiger partial charge in [-0.3, -0.25) is 4.90 Å². The van der Waals surface area contributed by atoms with E-state index < -0.39 is 0 Å². The molecule has 0 radical (unpaired) electrons. The number of rotatable bonds is 9. The van der Waals surface area contributed by atoms with Crippen LogP contribution in [0.5, 0.6) is 17.2 Å². The molecule has 1 N–H and O–H groups in total. The lowest BCUT2D eigenvalue weighted by atomic mass is 9.77. The van der Waals surface area contributed by atoms with Crippen molar-refractivity contribution in [3.8, 4) is 17.2 Å². The molecule has 2 aliphatic heterocycles. The molecule has 3 aromatic rings. The average Bonchev–Trinajstić information content (AvgIpc) is 3.11. The van der Waals surface area contributed by atoms with Crippen molar-refractivity contribution in [1.82, 2.24) is 4.90 Å². The van der Waals surface area contributed by atoms with Gasteiger partial charge in [-0.05, 0) is 98.9 Å². The van der Waals surface area contributed by atoms with Crippen molar-refractivity contribution in [3.63, 3.8) is 0 Å². The van der Waals surface area contributed by atoms with E-state index in [0.717, 1.165) is 31.2 Å². The molecule has 0 amide bonds. The Labute approximate surface area is 228 Å². The molecule has 1 fully saturated rings. The molecule has 0 aliphatic carbocycles. The standard InChI is InChI=1S/C33H42N2O3/c1-24(2)38-29-15-10-26(11-16-29)32-33(3,4)30-22-27(36)12-17-31(30)35(32)23-25-8-13-28(14-9-25)37-21-20-34-18-6-5-7-19-34/h8-17,22,24,32,36H,5-7,18-21,23H2,1-4H3. The lowest BCUT2D eigenvalue weighted by Gasteiger charge is -2.35. The molecule has 3 aromatic carbocycles. The first-order valence-electron chi connectivity index (χ1n) is 14.1. The Morgan fingerprint density at radius 2 is 1.58 bits per heavy atom. The van der Waals surface area contributed by atoms with E-state index >= 15 is 0 Å². The van der Waals surface area contributed by atoms with Gasteiger partial charge in [0.05, 0.1) is 12.1 Å². The van der Waals surface area contributed by atoms with Crippen molar-refractivity contribution in [2.45, 2.75) is 71.1 Å². The van der Waals surface area contributed by atoms with Crippen LogP contribution >= 0.6 is 0 Å². The fourth-order valence-electron chi connectivity index (χ4n) is 6.10. The lowest BCUT2D eigenvalue weighted by Crippen LogP contribution is -2.33. The first-order valence-corrected chi connectivity index (χ1v) is 14.1. The van der Waals surface area contributed by atoms with Gasteiger partial charge in [0.2, 0.25) is 0 Å². The summed E-state index contributed by atoms with van der Waals surface area (Å²) < 4.78 is 12.0. The second-order valence-electron chi connectivity index (χ2n) is 11.6. The highest BCUT2D eigenvalue weighted by molar-refractivity contribution is 5.67. The molecular weight excluding hydrogens is 472 g/mol. The first kappa shape index (κ1) is 26.4. The van der Waals surface area contributed by atoms with Crippen molar-refractivity contribution in [1.29, 1.82) is 0 Å². The van der Waals surface area contributed by atoms with E-state index in [0.29, 0.717) is 5.75 Å². The fraction of sp³-hybridized carbons (Fsp3) is 0.455. The Balaban J connectivity index is 1.34. The molecule has 1 saturated heterocycles. The van der Waals surface area contributed by atoms with Crippen LogP contribution in [0.2, 0.25) is 0 Å². The zero-order valence-electron chi connectivity index (χ0n) is 23.3. The van der Waals surface area contributed by atoms with Gasteiger partial charge in [-0.15, -0.1) is 0 Å². The molecule has 0 saturated carbocycles. The number of ether oxygens (including phenoxy) is 2. The van der Waals surface area contributed by atoms with Crippen LogP contribution in [-0.4, -0.2) is 42.4 Å². The van der Waals surface area contributed by atoms with Gasteiger partial charge in [0.25, 0.3) is 0 Å².